The van der Waals surface area contributed by atoms with E-state index in [1.165, 1.54) is 0 Å². The Labute approximate surface area is 173 Å². The first kappa shape index (κ1) is 16.9. The highest BCUT2D eigenvalue weighted by Gasteiger charge is 2.15. The van der Waals surface area contributed by atoms with Crippen molar-refractivity contribution in [2.24, 2.45) is 0 Å². The van der Waals surface area contributed by atoms with Crippen LogP contribution < -0.4 is 0 Å². The van der Waals surface area contributed by atoms with E-state index in [0.29, 0.717) is 0 Å². The molecule has 142 valence electrons. The molecule has 30 heavy (non-hydrogen) atoms. The summed E-state index contributed by atoms with van der Waals surface area (Å²) in [5.41, 5.74) is 2.09. The average Bonchev–Trinajstić information content (AvgIpc) is 2.79. The van der Waals surface area contributed by atoms with Crippen molar-refractivity contribution < 1.29 is 10.2 Å². The van der Waals surface area contributed by atoms with Crippen molar-refractivity contribution in [1.82, 2.24) is 0 Å². The lowest BCUT2D eigenvalue weighted by Crippen LogP contribution is -1.88. The first-order valence-electron chi connectivity index (χ1n) is 9.99. The SMILES string of the molecule is Oc1cc2ccccc2c2c(-c3cccc4c(O)cc5ccccc5c34)cccc12. The number of rotatable bonds is 1. The van der Waals surface area contributed by atoms with Crippen molar-refractivity contribution in [3.05, 3.63) is 97.1 Å². The second kappa shape index (κ2) is 6.23. The standard InChI is InChI=1S/C28H18O2/c29-25-15-17-7-1-3-9-19(17)27-21(11-5-13-23(25)27)22-12-6-14-24-26(30)16-18-8-2-4-10-20(18)28(22)24/h1-16,29-30H. The van der Waals surface area contributed by atoms with Crippen molar-refractivity contribution >= 4 is 43.1 Å². The molecule has 0 atom stereocenters. The summed E-state index contributed by atoms with van der Waals surface area (Å²) < 4.78 is 0. The maximum atomic E-state index is 10.7. The van der Waals surface area contributed by atoms with E-state index in [9.17, 15) is 10.2 Å². The van der Waals surface area contributed by atoms with Crippen LogP contribution in [0.25, 0.3) is 54.2 Å². The lowest BCUT2D eigenvalue weighted by atomic mass is 9.89. The quantitative estimate of drug-likeness (QED) is 0.289. The molecule has 6 rings (SSSR count). The number of fused-ring (bicyclic) bond motifs is 6. The number of benzene rings is 6. The van der Waals surface area contributed by atoms with Gasteiger partial charge in [0.2, 0.25) is 0 Å². The van der Waals surface area contributed by atoms with Crippen molar-refractivity contribution in [2.75, 3.05) is 0 Å². The molecular formula is C28H18O2. The molecule has 0 spiro atoms. The van der Waals surface area contributed by atoms with Gasteiger partial charge in [-0.05, 0) is 44.8 Å². The van der Waals surface area contributed by atoms with Crippen molar-refractivity contribution in [3.63, 3.8) is 0 Å². The molecule has 0 heterocycles. The average molecular weight is 386 g/mol. The van der Waals surface area contributed by atoms with E-state index in [2.05, 4.69) is 24.3 Å². The zero-order valence-corrected chi connectivity index (χ0v) is 16.1. The summed E-state index contributed by atoms with van der Waals surface area (Å²) in [5, 5.41) is 29.4. The number of hydrogen-bond donors (Lipinski definition) is 2. The molecule has 2 N–H and O–H groups in total. The molecule has 0 fully saturated rings. The normalized spacial score (nSPS) is 11.6. The van der Waals surface area contributed by atoms with Crippen LogP contribution in [0.4, 0.5) is 0 Å². The van der Waals surface area contributed by atoms with E-state index in [1.807, 2.05) is 72.8 Å². The third-order valence-corrected chi connectivity index (χ3v) is 6.02. The molecule has 0 aliphatic heterocycles. The van der Waals surface area contributed by atoms with E-state index in [4.69, 9.17) is 0 Å². The summed E-state index contributed by atoms with van der Waals surface area (Å²) >= 11 is 0. The Hall–Kier alpha value is -4.04. The van der Waals surface area contributed by atoms with Gasteiger partial charge >= 0.3 is 0 Å². The first-order valence-corrected chi connectivity index (χ1v) is 9.99. The second-order valence-electron chi connectivity index (χ2n) is 7.69. The molecule has 2 heteroatoms. The highest BCUT2D eigenvalue weighted by molar-refractivity contribution is 6.22. The molecule has 6 aromatic carbocycles. The van der Waals surface area contributed by atoms with Crippen molar-refractivity contribution in [1.29, 1.82) is 0 Å². The van der Waals surface area contributed by atoms with Crippen LogP contribution in [-0.4, -0.2) is 10.2 Å². The summed E-state index contributed by atoms with van der Waals surface area (Å²) in [5.74, 6) is 0.553. The van der Waals surface area contributed by atoms with Gasteiger partial charge in [0.05, 0.1) is 0 Å². The van der Waals surface area contributed by atoms with Crippen molar-refractivity contribution in [3.8, 4) is 22.6 Å². The highest BCUT2D eigenvalue weighted by atomic mass is 16.3. The third kappa shape index (κ3) is 2.31. The predicted octanol–water partition coefficient (Wildman–Crippen LogP) is 7.38. The molecule has 0 aliphatic rings. The van der Waals surface area contributed by atoms with E-state index in [-0.39, 0.29) is 11.5 Å². The Kier molecular flexibility index (Phi) is 3.50. The highest BCUT2D eigenvalue weighted by Crippen LogP contribution is 2.44. The smallest absolute Gasteiger partial charge is 0.124 e. The summed E-state index contributed by atoms with van der Waals surface area (Å²) in [7, 11) is 0. The lowest BCUT2D eigenvalue weighted by molar-refractivity contribution is 0.482. The van der Waals surface area contributed by atoms with E-state index in [0.717, 1.165) is 54.2 Å². The maximum absolute atomic E-state index is 10.7. The Morgan fingerprint density at radius 2 is 0.800 bits per heavy atom. The van der Waals surface area contributed by atoms with E-state index >= 15 is 0 Å². The number of phenols is 2. The lowest BCUT2D eigenvalue weighted by Gasteiger charge is -2.15. The molecule has 2 nitrogen and oxygen atoms in total. The minimum Gasteiger partial charge on any atom is -0.507 e. The fourth-order valence-electron chi connectivity index (χ4n) is 4.71. The van der Waals surface area contributed by atoms with Gasteiger partial charge in [0.25, 0.3) is 0 Å². The zero-order valence-electron chi connectivity index (χ0n) is 16.1. The predicted molar refractivity (Wildman–Crippen MR) is 125 cm³/mol. The van der Waals surface area contributed by atoms with Gasteiger partial charge in [-0.2, -0.15) is 0 Å². The van der Waals surface area contributed by atoms with Gasteiger partial charge in [0, 0.05) is 21.5 Å². The van der Waals surface area contributed by atoms with Crippen molar-refractivity contribution in [2.45, 2.75) is 0 Å². The Balaban J connectivity index is 1.86. The van der Waals surface area contributed by atoms with E-state index < -0.39 is 0 Å². The Morgan fingerprint density at radius 3 is 1.27 bits per heavy atom. The fraction of sp³-hybridized carbons (Fsp3) is 0. The fourth-order valence-corrected chi connectivity index (χ4v) is 4.71. The molecular weight excluding hydrogens is 368 g/mol. The van der Waals surface area contributed by atoms with Gasteiger partial charge < -0.3 is 10.2 Å². The van der Waals surface area contributed by atoms with Crippen LogP contribution in [0.3, 0.4) is 0 Å². The first-order chi connectivity index (χ1) is 14.7. The minimum absolute atomic E-state index is 0.276. The van der Waals surface area contributed by atoms with Crippen LogP contribution in [0.5, 0.6) is 11.5 Å². The third-order valence-electron chi connectivity index (χ3n) is 6.02. The largest absolute Gasteiger partial charge is 0.507 e. The van der Waals surface area contributed by atoms with Gasteiger partial charge in [0.1, 0.15) is 11.5 Å². The van der Waals surface area contributed by atoms with Gasteiger partial charge in [-0.3, -0.25) is 0 Å². The van der Waals surface area contributed by atoms with Crippen LogP contribution in [0.2, 0.25) is 0 Å². The van der Waals surface area contributed by atoms with Crippen LogP contribution in [0, 0.1) is 0 Å². The Bertz CT molecular complexity index is 1490. The second-order valence-corrected chi connectivity index (χ2v) is 7.69. The molecule has 0 aromatic heterocycles. The monoisotopic (exact) mass is 386 g/mol. The van der Waals surface area contributed by atoms with Crippen LogP contribution >= 0.6 is 0 Å². The number of hydrogen-bond acceptors (Lipinski definition) is 2. The summed E-state index contributed by atoms with van der Waals surface area (Å²) in [6.45, 7) is 0. The Morgan fingerprint density at radius 1 is 0.400 bits per heavy atom. The zero-order chi connectivity index (χ0) is 20.2. The molecule has 0 amide bonds. The van der Waals surface area contributed by atoms with Gasteiger partial charge in [-0.15, -0.1) is 0 Å². The molecule has 0 saturated heterocycles. The maximum Gasteiger partial charge on any atom is 0.124 e. The summed E-state index contributed by atoms with van der Waals surface area (Å²) in [6, 6.07) is 32.0. The number of aromatic hydroxyl groups is 2. The summed E-state index contributed by atoms with van der Waals surface area (Å²) in [4.78, 5) is 0. The van der Waals surface area contributed by atoms with Crippen LogP contribution in [0.15, 0.2) is 97.1 Å². The molecule has 0 saturated carbocycles. The molecule has 0 bridgehead atoms. The van der Waals surface area contributed by atoms with Gasteiger partial charge in [-0.1, -0.05) is 84.9 Å². The molecule has 0 aliphatic carbocycles. The van der Waals surface area contributed by atoms with E-state index in [1.54, 1.807) is 0 Å². The topological polar surface area (TPSA) is 40.5 Å². The van der Waals surface area contributed by atoms with Crippen LogP contribution in [0.1, 0.15) is 0 Å². The molecule has 6 aromatic rings. The minimum atomic E-state index is 0.276. The number of phenolic OH excluding ortho intramolecular Hbond substituents is 2. The van der Waals surface area contributed by atoms with Crippen LogP contribution in [-0.2, 0) is 0 Å². The van der Waals surface area contributed by atoms with Gasteiger partial charge in [0.15, 0.2) is 0 Å². The molecule has 0 radical (unpaired) electrons. The molecule has 0 unspecified atom stereocenters. The summed E-state index contributed by atoms with van der Waals surface area (Å²) in [6.07, 6.45) is 0. The van der Waals surface area contributed by atoms with Gasteiger partial charge in [-0.25, -0.2) is 0 Å².